The molecule has 0 radical (unpaired) electrons. The van der Waals surface area contributed by atoms with Crippen molar-refractivity contribution < 1.29 is 5.11 Å². The van der Waals surface area contributed by atoms with Gasteiger partial charge in [-0.2, -0.15) is 0 Å². The highest BCUT2D eigenvalue weighted by Crippen LogP contribution is 2.24. The molecular weight excluding hydrogens is 184 g/mol. The van der Waals surface area contributed by atoms with E-state index in [1.54, 1.807) is 0 Å². The van der Waals surface area contributed by atoms with Crippen LogP contribution in [0.5, 0.6) is 0 Å². The Hall–Kier alpha value is -0.820. The van der Waals surface area contributed by atoms with E-state index in [1.807, 2.05) is 0 Å². The number of aliphatic hydroxyl groups is 1. The normalized spacial score (nSPS) is 15.0. The van der Waals surface area contributed by atoms with E-state index in [4.69, 9.17) is 0 Å². The minimum Gasteiger partial charge on any atom is -0.393 e. The Balaban J connectivity index is 2.85. The summed E-state index contributed by atoms with van der Waals surface area (Å²) in [6.45, 7) is 8.43. The molecule has 1 heteroatoms. The van der Waals surface area contributed by atoms with Crippen molar-refractivity contribution in [3.05, 3.63) is 34.9 Å². The summed E-state index contributed by atoms with van der Waals surface area (Å²) < 4.78 is 0. The van der Waals surface area contributed by atoms with Gasteiger partial charge in [0, 0.05) is 5.92 Å². The number of hydrogen-bond donors (Lipinski definition) is 1. The number of hydrogen-bond acceptors (Lipinski definition) is 1. The first-order chi connectivity index (χ1) is 7.04. The maximum Gasteiger partial charge on any atom is 0.0606 e. The van der Waals surface area contributed by atoms with Gasteiger partial charge in [-0.3, -0.25) is 0 Å². The Morgan fingerprint density at radius 2 is 1.67 bits per heavy atom. The second-order valence-electron chi connectivity index (χ2n) is 4.57. The second kappa shape index (κ2) is 5.32. The molecule has 0 heterocycles. The van der Waals surface area contributed by atoms with E-state index in [0.717, 1.165) is 12.8 Å². The van der Waals surface area contributed by atoms with Gasteiger partial charge in [-0.05, 0) is 25.8 Å². The Bertz CT molecular complexity index is 297. The van der Waals surface area contributed by atoms with Crippen LogP contribution in [0.2, 0.25) is 0 Å². The summed E-state index contributed by atoms with van der Waals surface area (Å²) in [6.07, 6.45) is 1.71. The molecular formula is C14H22O. The summed E-state index contributed by atoms with van der Waals surface area (Å²) in [5.41, 5.74) is 3.81. The van der Waals surface area contributed by atoms with Gasteiger partial charge in [0.25, 0.3) is 0 Å². The third-order valence-electron chi connectivity index (χ3n) is 2.93. The Kier molecular flexibility index (Phi) is 4.34. The molecule has 0 aliphatic heterocycles. The lowest BCUT2D eigenvalue weighted by molar-refractivity contribution is 0.138. The standard InChI is InChI=1S/C14H22O/c1-5-6-14(15)12(4)13-8-10(2)7-11(3)9-13/h7-9,12,14-15H,5-6H2,1-4H3. The second-order valence-corrected chi connectivity index (χ2v) is 4.57. The van der Waals surface area contributed by atoms with Crippen LogP contribution < -0.4 is 0 Å². The largest absolute Gasteiger partial charge is 0.393 e. The van der Waals surface area contributed by atoms with E-state index in [1.165, 1.54) is 16.7 Å². The fourth-order valence-electron chi connectivity index (χ4n) is 2.04. The minimum atomic E-state index is -0.212. The van der Waals surface area contributed by atoms with Gasteiger partial charge in [0.1, 0.15) is 0 Å². The van der Waals surface area contributed by atoms with Crippen LogP contribution in [-0.4, -0.2) is 11.2 Å². The lowest BCUT2D eigenvalue weighted by Gasteiger charge is -2.19. The Morgan fingerprint density at radius 1 is 1.13 bits per heavy atom. The SMILES string of the molecule is CCCC(O)C(C)c1cc(C)cc(C)c1. The molecule has 0 aliphatic rings. The zero-order valence-corrected chi connectivity index (χ0v) is 10.2. The van der Waals surface area contributed by atoms with E-state index < -0.39 is 0 Å². The average Bonchev–Trinajstić information content (AvgIpc) is 2.15. The molecule has 1 N–H and O–H groups in total. The fraction of sp³-hybridized carbons (Fsp3) is 0.571. The monoisotopic (exact) mass is 206 g/mol. The highest BCUT2D eigenvalue weighted by atomic mass is 16.3. The molecule has 2 atom stereocenters. The van der Waals surface area contributed by atoms with Gasteiger partial charge in [0.05, 0.1) is 6.10 Å². The van der Waals surface area contributed by atoms with Crippen LogP contribution in [0.1, 0.15) is 49.3 Å². The van der Waals surface area contributed by atoms with Crippen LogP contribution >= 0.6 is 0 Å². The van der Waals surface area contributed by atoms with Crippen molar-refractivity contribution in [2.45, 2.75) is 52.6 Å². The first kappa shape index (κ1) is 12.3. The summed E-state index contributed by atoms with van der Waals surface area (Å²) in [6, 6.07) is 6.52. The van der Waals surface area contributed by atoms with Crippen LogP contribution in [0, 0.1) is 13.8 Å². The molecule has 15 heavy (non-hydrogen) atoms. The summed E-state index contributed by atoms with van der Waals surface area (Å²) in [7, 11) is 0. The lowest BCUT2D eigenvalue weighted by Crippen LogP contribution is -2.15. The summed E-state index contributed by atoms with van der Waals surface area (Å²) in [5, 5.41) is 9.95. The van der Waals surface area contributed by atoms with Crippen LogP contribution in [0.25, 0.3) is 0 Å². The molecule has 0 aliphatic carbocycles. The number of aryl methyl sites for hydroxylation is 2. The van der Waals surface area contributed by atoms with Crippen molar-refractivity contribution >= 4 is 0 Å². The Morgan fingerprint density at radius 3 is 2.13 bits per heavy atom. The summed E-state index contributed by atoms with van der Waals surface area (Å²) in [5.74, 6) is 0.239. The molecule has 1 aromatic carbocycles. The van der Waals surface area contributed by atoms with Gasteiger partial charge in [-0.1, -0.05) is 49.6 Å². The average molecular weight is 206 g/mol. The fourth-order valence-corrected chi connectivity index (χ4v) is 2.04. The molecule has 0 spiro atoms. The molecule has 2 unspecified atom stereocenters. The molecule has 0 aromatic heterocycles. The maximum absolute atomic E-state index is 9.95. The van der Waals surface area contributed by atoms with Gasteiger partial charge in [0.15, 0.2) is 0 Å². The van der Waals surface area contributed by atoms with Crippen LogP contribution in [0.15, 0.2) is 18.2 Å². The van der Waals surface area contributed by atoms with Gasteiger partial charge >= 0.3 is 0 Å². The lowest BCUT2D eigenvalue weighted by atomic mass is 9.91. The number of aliphatic hydroxyl groups excluding tert-OH is 1. The summed E-state index contributed by atoms with van der Waals surface area (Å²) >= 11 is 0. The third-order valence-corrected chi connectivity index (χ3v) is 2.93. The quantitative estimate of drug-likeness (QED) is 0.798. The summed E-state index contributed by atoms with van der Waals surface area (Å²) in [4.78, 5) is 0. The topological polar surface area (TPSA) is 20.2 Å². The smallest absolute Gasteiger partial charge is 0.0606 e. The number of benzene rings is 1. The van der Waals surface area contributed by atoms with Crippen molar-refractivity contribution in [1.29, 1.82) is 0 Å². The molecule has 0 amide bonds. The third kappa shape index (κ3) is 3.35. The predicted octanol–water partition coefficient (Wildman–Crippen LogP) is 3.57. The van der Waals surface area contributed by atoms with Gasteiger partial charge < -0.3 is 5.11 Å². The van der Waals surface area contributed by atoms with E-state index >= 15 is 0 Å². The van der Waals surface area contributed by atoms with Crippen LogP contribution in [0.4, 0.5) is 0 Å². The van der Waals surface area contributed by atoms with Crippen LogP contribution in [-0.2, 0) is 0 Å². The molecule has 84 valence electrons. The van der Waals surface area contributed by atoms with Gasteiger partial charge in [0.2, 0.25) is 0 Å². The first-order valence-corrected chi connectivity index (χ1v) is 5.80. The highest BCUT2D eigenvalue weighted by Gasteiger charge is 2.15. The van der Waals surface area contributed by atoms with E-state index in [-0.39, 0.29) is 12.0 Å². The molecule has 0 bridgehead atoms. The molecule has 0 saturated heterocycles. The zero-order valence-electron chi connectivity index (χ0n) is 10.2. The first-order valence-electron chi connectivity index (χ1n) is 5.80. The van der Waals surface area contributed by atoms with Gasteiger partial charge in [-0.25, -0.2) is 0 Å². The molecule has 1 nitrogen and oxygen atoms in total. The molecule has 1 aromatic rings. The van der Waals surface area contributed by atoms with Crippen molar-refractivity contribution in [1.82, 2.24) is 0 Å². The van der Waals surface area contributed by atoms with E-state index in [9.17, 15) is 5.11 Å². The minimum absolute atomic E-state index is 0.212. The molecule has 1 rings (SSSR count). The van der Waals surface area contributed by atoms with Crippen molar-refractivity contribution in [3.8, 4) is 0 Å². The van der Waals surface area contributed by atoms with Crippen molar-refractivity contribution in [2.75, 3.05) is 0 Å². The van der Waals surface area contributed by atoms with E-state index in [2.05, 4.69) is 45.9 Å². The highest BCUT2D eigenvalue weighted by molar-refractivity contribution is 5.31. The predicted molar refractivity (Wildman–Crippen MR) is 65.2 cm³/mol. The van der Waals surface area contributed by atoms with Crippen molar-refractivity contribution in [2.24, 2.45) is 0 Å². The molecule has 0 saturated carbocycles. The van der Waals surface area contributed by atoms with Crippen LogP contribution in [0.3, 0.4) is 0 Å². The zero-order chi connectivity index (χ0) is 11.4. The number of rotatable bonds is 4. The van der Waals surface area contributed by atoms with E-state index in [0.29, 0.717) is 0 Å². The Labute approximate surface area is 93.1 Å². The van der Waals surface area contributed by atoms with Crippen molar-refractivity contribution in [3.63, 3.8) is 0 Å². The molecule has 0 fully saturated rings. The maximum atomic E-state index is 9.95. The van der Waals surface area contributed by atoms with Gasteiger partial charge in [-0.15, -0.1) is 0 Å².